The molecule has 21 heavy (non-hydrogen) atoms. The molecule has 1 aromatic carbocycles. The van der Waals surface area contributed by atoms with Gasteiger partial charge in [0.05, 0.1) is 31.4 Å². The number of carbonyl (C=O) groups is 1. The van der Waals surface area contributed by atoms with Gasteiger partial charge in [-0.2, -0.15) is 0 Å². The summed E-state index contributed by atoms with van der Waals surface area (Å²) >= 11 is 0. The molecule has 0 unspecified atom stereocenters. The topological polar surface area (TPSA) is 59.0 Å². The molecule has 5 nitrogen and oxygen atoms in total. The van der Waals surface area contributed by atoms with Gasteiger partial charge in [0.25, 0.3) is 5.91 Å². The number of morpholine rings is 1. The van der Waals surface area contributed by atoms with Crippen LogP contribution < -0.4 is 4.74 Å². The molecule has 0 bridgehead atoms. The molecule has 0 aromatic heterocycles. The zero-order valence-corrected chi connectivity index (χ0v) is 12.2. The molecule has 2 aliphatic rings. The first-order valence-corrected chi connectivity index (χ1v) is 7.51. The van der Waals surface area contributed by atoms with E-state index in [-0.39, 0.29) is 23.8 Å². The highest BCUT2D eigenvalue weighted by Gasteiger charge is 2.37. The maximum absolute atomic E-state index is 12.8. The summed E-state index contributed by atoms with van der Waals surface area (Å²) in [5.74, 6) is 0.116. The number of phenolic OH excluding ortho intramolecular Hbond substituents is 1. The first-order valence-electron chi connectivity index (χ1n) is 7.51. The van der Waals surface area contributed by atoms with Gasteiger partial charge in [-0.3, -0.25) is 4.79 Å². The van der Waals surface area contributed by atoms with Gasteiger partial charge in [-0.25, -0.2) is 0 Å². The Morgan fingerprint density at radius 3 is 3.00 bits per heavy atom. The van der Waals surface area contributed by atoms with Crippen LogP contribution in [0.5, 0.6) is 11.5 Å². The van der Waals surface area contributed by atoms with Gasteiger partial charge in [0.1, 0.15) is 0 Å². The lowest BCUT2D eigenvalue weighted by atomic mass is 9.89. The van der Waals surface area contributed by atoms with Crippen molar-refractivity contribution in [3.8, 4) is 11.5 Å². The van der Waals surface area contributed by atoms with Crippen LogP contribution in [-0.2, 0) is 4.74 Å². The summed E-state index contributed by atoms with van der Waals surface area (Å²) in [5, 5.41) is 10.2. The monoisotopic (exact) mass is 291 g/mol. The normalized spacial score (nSPS) is 25.3. The number of carbonyl (C=O) groups excluding carboxylic acids is 1. The van der Waals surface area contributed by atoms with Gasteiger partial charge in [-0.15, -0.1) is 0 Å². The SMILES string of the molecule is COc1cccc(C(=O)N2CCO[C@@H]3CCCC[C@H]32)c1O. The molecule has 114 valence electrons. The van der Waals surface area contributed by atoms with E-state index < -0.39 is 0 Å². The minimum absolute atomic E-state index is 0.0798. The molecule has 3 rings (SSSR count). The van der Waals surface area contributed by atoms with Crippen molar-refractivity contribution in [3.63, 3.8) is 0 Å². The number of ether oxygens (including phenoxy) is 2. The van der Waals surface area contributed by atoms with Crippen molar-refractivity contribution in [1.29, 1.82) is 0 Å². The standard InChI is InChI=1S/C16H21NO4/c1-20-14-8-4-5-11(15(14)18)16(19)17-9-10-21-13-7-3-2-6-12(13)17/h4-5,8,12-13,18H,2-3,6-7,9-10H2,1H3/t12-,13-/m1/s1. The highest BCUT2D eigenvalue weighted by atomic mass is 16.5. The molecule has 1 aliphatic carbocycles. The third-order valence-electron chi connectivity index (χ3n) is 4.44. The van der Waals surface area contributed by atoms with Gasteiger partial charge >= 0.3 is 0 Å². The van der Waals surface area contributed by atoms with Crippen LogP contribution in [0.3, 0.4) is 0 Å². The molecule has 0 radical (unpaired) electrons. The van der Waals surface area contributed by atoms with Crippen LogP contribution >= 0.6 is 0 Å². The Bertz CT molecular complexity index is 529. The first-order chi connectivity index (χ1) is 10.2. The highest BCUT2D eigenvalue weighted by Crippen LogP contribution is 2.34. The Balaban J connectivity index is 1.87. The third-order valence-corrected chi connectivity index (χ3v) is 4.44. The molecule has 1 aromatic rings. The number of fused-ring (bicyclic) bond motifs is 1. The number of amides is 1. The van der Waals surface area contributed by atoms with Gasteiger partial charge in [0.2, 0.25) is 0 Å². The lowest BCUT2D eigenvalue weighted by molar-refractivity contribution is -0.0753. The van der Waals surface area contributed by atoms with Crippen LogP contribution in [0.4, 0.5) is 0 Å². The van der Waals surface area contributed by atoms with Crippen LogP contribution in [-0.4, -0.2) is 48.3 Å². The average Bonchev–Trinajstić information content (AvgIpc) is 2.54. The minimum atomic E-state index is -0.133. The Morgan fingerprint density at radius 1 is 1.38 bits per heavy atom. The zero-order chi connectivity index (χ0) is 14.8. The fourth-order valence-corrected chi connectivity index (χ4v) is 3.36. The Labute approximate surface area is 124 Å². The van der Waals surface area contributed by atoms with E-state index in [1.807, 2.05) is 4.90 Å². The number of hydrogen-bond acceptors (Lipinski definition) is 4. The summed E-state index contributed by atoms with van der Waals surface area (Å²) < 4.78 is 10.9. The fourth-order valence-electron chi connectivity index (χ4n) is 3.36. The smallest absolute Gasteiger partial charge is 0.258 e. The van der Waals surface area contributed by atoms with Crippen molar-refractivity contribution in [2.45, 2.75) is 37.8 Å². The van der Waals surface area contributed by atoms with Crippen molar-refractivity contribution in [2.24, 2.45) is 0 Å². The summed E-state index contributed by atoms with van der Waals surface area (Å²) in [7, 11) is 1.48. The second kappa shape index (κ2) is 5.93. The number of nitrogens with zero attached hydrogens (tertiary/aromatic N) is 1. The quantitative estimate of drug-likeness (QED) is 0.907. The number of aromatic hydroxyl groups is 1. The fraction of sp³-hybridized carbons (Fsp3) is 0.562. The van der Waals surface area contributed by atoms with E-state index in [0.717, 1.165) is 25.7 Å². The Hall–Kier alpha value is -1.75. The van der Waals surface area contributed by atoms with Crippen LogP contribution in [0.2, 0.25) is 0 Å². The number of para-hydroxylation sites is 1. The summed E-state index contributed by atoms with van der Waals surface area (Å²) in [6, 6.07) is 5.15. The molecule has 5 heteroatoms. The first kappa shape index (κ1) is 14.2. The third kappa shape index (κ3) is 2.58. The van der Waals surface area contributed by atoms with Gasteiger partial charge < -0.3 is 19.5 Å². The van der Waals surface area contributed by atoms with E-state index in [9.17, 15) is 9.90 Å². The van der Waals surface area contributed by atoms with E-state index in [1.54, 1.807) is 18.2 Å². The molecule has 0 spiro atoms. The molecule has 2 fully saturated rings. The average molecular weight is 291 g/mol. The maximum Gasteiger partial charge on any atom is 0.258 e. The summed E-state index contributed by atoms with van der Waals surface area (Å²) in [6.45, 7) is 1.15. The molecule has 1 N–H and O–H groups in total. The minimum Gasteiger partial charge on any atom is -0.504 e. The number of methoxy groups -OCH3 is 1. The van der Waals surface area contributed by atoms with E-state index in [0.29, 0.717) is 24.5 Å². The van der Waals surface area contributed by atoms with Crippen molar-refractivity contribution in [3.05, 3.63) is 23.8 Å². The lowest BCUT2D eigenvalue weighted by Gasteiger charge is -2.43. The van der Waals surface area contributed by atoms with Crippen molar-refractivity contribution >= 4 is 5.91 Å². The van der Waals surface area contributed by atoms with Crippen LogP contribution in [0, 0.1) is 0 Å². The molecule has 1 amide bonds. The second-order valence-electron chi connectivity index (χ2n) is 5.62. The van der Waals surface area contributed by atoms with E-state index >= 15 is 0 Å². The van der Waals surface area contributed by atoms with Crippen molar-refractivity contribution in [2.75, 3.05) is 20.3 Å². The molecule has 1 saturated carbocycles. The maximum atomic E-state index is 12.8. The second-order valence-corrected chi connectivity index (χ2v) is 5.62. The van der Waals surface area contributed by atoms with Crippen molar-refractivity contribution in [1.82, 2.24) is 4.90 Å². The van der Waals surface area contributed by atoms with Crippen molar-refractivity contribution < 1.29 is 19.4 Å². The predicted molar refractivity (Wildman–Crippen MR) is 77.7 cm³/mol. The summed E-state index contributed by atoms with van der Waals surface area (Å²) in [4.78, 5) is 14.7. The number of rotatable bonds is 2. The largest absolute Gasteiger partial charge is 0.504 e. The zero-order valence-electron chi connectivity index (χ0n) is 12.2. The van der Waals surface area contributed by atoms with Gasteiger partial charge in [-0.05, 0) is 25.0 Å². The van der Waals surface area contributed by atoms with Gasteiger partial charge in [-0.1, -0.05) is 18.9 Å². The number of hydrogen-bond donors (Lipinski definition) is 1. The van der Waals surface area contributed by atoms with Crippen LogP contribution in [0.25, 0.3) is 0 Å². The predicted octanol–water partition coefficient (Wildman–Crippen LogP) is 2.18. The molecule has 1 aliphatic heterocycles. The van der Waals surface area contributed by atoms with E-state index in [2.05, 4.69) is 0 Å². The van der Waals surface area contributed by atoms with Gasteiger partial charge in [0.15, 0.2) is 11.5 Å². The molecule has 2 atom stereocenters. The number of phenols is 1. The van der Waals surface area contributed by atoms with Gasteiger partial charge in [0, 0.05) is 6.54 Å². The lowest BCUT2D eigenvalue weighted by Crippen LogP contribution is -2.54. The molecule has 1 saturated heterocycles. The Morgan fingerprint density at radius 2 is 2.19 bits per heavy atom. The molecular formula is C16H21NO4. The number of benzene rings is 1. The van der Waals surface area contributed by atoms with Crippen LogP contribution in [0.15, 0.2) is 18.2 Å². The molecular weight excluding hydrogens is 270 g/mol. The highest BCUT2D eigenvalue weighted by molar-refractivity contribution is 5.98. The van der Waals surface area contributed by atoms with E-state index in [4.69, 9.17) is 9.47 Å². The Kier molecular flexibility index (Phi) is 4.01. The van der Waals surface area contributed by atoms with E-state index in [1.165, 1.54) is 7.11 Å². The molecule has 1 heterocycles. The van der Waals surface area contributed by atoms with Crippen LogP contribution in [0.1, 0.15) is 36.0 Å². The summed E-state index contributed by atoms with van der Waals surface area (Å²) in [5.41, 5.74) is 0.306. The summed E-state index contributed by atoms with van der Waals surface area (Å²) in [6.07, 6.45) is 4.41.